The van der Waals surface area contributed by atoms with Gasteiger partial charge < -0.3 is 5.11 Å². The van der Waals surface area contributed by atoms with Crippen LogP contribution in [-0.2, 0) is 14.9 Å². The summed E-state index contributed by atoms with van der Waals surface area (Å²) in [5, 5.41) is 8.08. The summed E-state index contributed by atoms with van der Waals surface area (Å²) in [6.07, 6.45) is 1.24. The Hall–Kier alpha value is -0.880. The maximum Gasteiger partial charge on any atom is 0.330 e. The summed E-state index contributed by atoms with van der Waals surface area (Å²) < 4.78 is 25.9. The first-order chi connectivity index (χ1) is 5.18. The second-order valence-corrected chi connectivity index (χ2v) is 3.46. The fourth-order valence-electron chi connectivity index (χ4n) is 0.151. The fraction of sp³-hybridized carbons (Fsp3) is 0.500. The normalized spacial score (nSPS) is 9.58. The van der Waals surface area contributed by atoms with Crippen molar-refractivity contribution in [3.63, 3.8) is 0 Å². The van der Waals surface area contributed by atoms with Gasteiger partial charge in [-0.15, -0.1) is 0 Å². The smallest absolute Gasteiger partial charge is 0.330 e. The molecule has 5 nitrogen and oxygen atoms in total. The highest BCUT2D eigenvalue weighted by Crippen LogP contribution is 1.93. The van der Waals surface area contributed by atoms with Gasteiger partial charge in [-0.3, -0.25) is 4.55 Å². The lowest BCUT2D eigenvalue weighted by atomic mass is 10.2. The van der Waals surface area contributed by atoms with E-state index in [4.69, 9.17) is 9.66 Å². The zero-order chi connectivity index (χ0) is 10.4. The molecule has 0 amide bonds. The van der Waals surface area contributed by atoms with E-state index in [-0.39, 0.29) is 5.57 Å². The standard InChI is InChI=1S/C5H8O2.CH4O3S/c1-3-4(2)5(6)7;1-5(2,3)4/h2-3H2,1H3,(H,6,7);1H3,(H,2,3,4). The van der Waals surface area contributed by atoms with Crippen LogP contribution in [0.5, 0.6) is 0 Å². The average Bonchev–Trinajstić information content (AvgIpc) is 1.82. The Kier molecular flexibility index (Phi) is 6.54. The van der Waals surface area contributed by atoms with Crippen LogP contribution in [0.3, 0.4) is 0 Å². The zero-order valence-electron chi connectivity index (χ0n) is 6.94. The van der Waals surface area contributed by atoms with Crippen molar-refractivity contribution < 1.29 is 22.9 Å². The molecule has 0 aliphatic rings. The van der Waals surface area contributed by atoms with Gasteiger partial charge in [0, 0.05) is 5.57 Å². The van der Waals surface area contributed by atoms with Gasteiger partial charge in [0.2, 0.25) is 0 Å². The van der Waals surface area contributed by atoms with Crippen LogP contribution >= 0.6 is 0 Å². The molecule has 0 atom stereocenters. The average molecular weight is 196 g/mol. The van der Waals surface area contributed by atoms with Crippen LogP contribution in [-0.4, -0.2) is 30.3 Å². The van der Waals surface area contributed by atoms with Gasteiger partial charge in [0.1, 0.15) is 0 Å². The molecule has 0 radical (unpaired) electrons. The van der Waals surface area contributed by atoms with E-state index in [0.717, 1.165) is 0 Å². The Morgan fingerprint density at radius 1 is 1.50 bits per heavy atom. The number of rotatable bonds is 2. The predicted molar refractivity (Wildman–Crippen MR) is 44.5 cm³/mol. The van der Waals surface area contributed by atoms with Crippen molar-refractivity contribution >= 4 is 16.1 Å². The fourth-order valence-corrected chi connectivity index (χ4v) is 0.151. The summed E-state index contributed by atoms with van der Waals surface area (Å²) in [4.78, 5) is 9.83. The molecule has 0 rings (SSSR count). The van der Waals surface area contributed by atoms with Crippen molar-refractivity contribution in [1.82, 2.24) is 0 Å². The SMILES string of the molecule is C=C(CC)C(=O)O.CS(=O)(=O)O. The minimum atomic E-state index is -3.67. The monoisotopic (exact) mass is 196 g/mol. The van der Waals surface area contributed by atoms with E-state index >= 15 is 0 Å². The van der Waals surface area contributed by atoms with E-state index in [1.165, 1.54) is 0 Å². The largest absolute Gasteiger partial charge is 0.478 e. The molecule has 0 saturated carbocycles. The van der Waals surface area contributed by atoms with Crippen LogP contribution in [0.4, 0.5) is 0 Å². The molecule has 0 heterocycles. The highest BCUT2D eigenvalue weighted by molar-refractivity contribution is 7.85. The number of carboxylic acids is 1. The predicted octanol–water partition coefficient (Wildman–Crippen LogP) is 0.541. The van der Waals surface area contributed by atoms with Crippen LogP contribution < -0.4 is 0 Å². The van der Waals surface area contributed by atoms with E-state index in [9.17, 15) is 13.2 Å². The van der Waals surface area contributed by atoms with Gasteiger partial charge in [0.15, 0.2) is 0 Å². The van der Waals surface area contributed by atoms with Gasteiger partial charge in [-0.2, -0.15) is 8.42 Å². The number of carbonyl (C=O) groups is 1. The summed E-state index contributed by atoms with van der Waals surface area (Å²) >= 11 is 0. The number of carboxylic acid groups (broad SMARTS) is 1. The van der Waals surface area contributed by atoms with Crippen LogP contribution in [0.2, 0.25) is 0 Å². The zero-order valence-corrected chi connectivity index (χ0v) is 7.76. The Labute approximate surface area is 71.5 Å². The van der Waals surface area contributed by atoms with Crippen molar-refractivity contribution in [3.8, 4) is 0 Å². The number of hydrogen-bond donors (Lipinski definition) is 2. The van der Waals surface area contributed by atoms with Crippen LogP contribution in [0.25, 0.3) is 0 Å². The first-order valence-corrected chi connectivity index (χ1v) is 4.86. The van der Waals surface area contributed by atoms with Crippen LogP contribution in [0.1, 0.15) is 13.3 Å². The van der Waals surface area contributed by atoms with Crippen molar-refractivity contribution in [2.45, 2.75) is 13.3 Å². The third-order valence-corrected chi connectivity index (χ3v) is 0.729. The number of hydrogen-bond acceptors (Lipinski definition) is 3. The van der Waals surface area contributed by atoms with Gasteiger partial charge in [-0.05, 0) is 6.42 Å². The van der Waals surface area contributed by atoms with Gasteiger partial charge >= 0.3 is 5.97 Å². The first kappa shape index (κ1) is 13.7. The van der Waals surface area contributed by atoms with E-state index in [1.807, 2.05) is 0 Å². The third kappa shape index (κ3) is 22.9. The Bertz CT molecular complexity index is 243. The Balaban J connectivity index is 0. The minimum Gasteiger partial charge on any atom is -0.478 e. The van der Waals surface area contributed by atoms with Gasteiger partial charge in [0.25, 0.3) is 10.1 Å². The maximum absolute atomic E-state index is 9.83. The van der Waals surface area contributed by atoms with Crippen molar-refractivity contribution in [2.75, 3.05) is 6.26 Å². The molecule has 0 saturated heterocycles. The highest BCUT2D eigenvalue weighted by Gasteiger charge is 1.96. The highest BCUT2D eigenvalue weighted by atomic mass is 32.2. The third-order valence-electron chi connectivity index (χ3n) is 0.729. The molecule has 0 spiro atoms. The van der Waals surface area contributed by atoms with Gasteiger partial charge in [-0.25, -0.2) is 4.79 Å². The summed E-state index contributed by atoms with van der Waals surface area (Å²) in [6, 6.07) is 0. The molecule has 0 aliphatic heterocycles. The molecule has 0 aliphatic carbocycles. The quantitative estimate of drug-likeness (QED) is 0.496. The molecule has 72 valence electrons. The lowest BCUT2D eigenvalue weighted by molar-refractivity contribution is -0.132. The molecule has 0 aromatic carbocycles. The minimum absolute atomic E-state index is 0.264. The second-order valence-electron chi connectivity index (χ2n) is 2.00. The lowest BCUT2D eigenvalue weighted by Gasteiger charge is -1.87. The van der Waals surface area contributed by atoms with Crippen molar-refractivity contribution in [1.29, 1.82) is 0 Å². The Morgan fingerprint density at radius 3 is 1.75 bits per heavy atom. The van der Waals surface area contributed by atoms with Crippen LogP contribution in [0.15, 0.2) is 12.2 Å². The summed E-state index contributed by atoms with van der Waals surface area (Å²) in [7, 11) is -3.67. The first-order valence-electron chi connectivity index (χ1n) is 3.02. The van der Waals surface area contributed by atoms with Crippen molar-refractivity contribution in [2.24, 2.45) is 0 Å². The molecule has 0 fully saturated rings. The van der Waals surface area contributed by atoms with E-state index in [1.54, 1.807) is 6.92 Å². The molecular formula is C6H12O5S. The van der Waals surface area contributed by atoms with E-state index < -0.39 is 16.1 Å². The molecule has 0 bridgehead atoms. The topological polar surface area (TPSA) is 91.7 Å². The van der Waals surface area contributed by atoms with Crippen LogP contribution in [0, 0.1) is 0 Å². The molecule has 12 heavy (non-hydrogen) atoms. The summed E-state index contributed by atoms with van der Waals surface area (Å²) in [5.74, 6) is -0.900. The number of aliphatic carboxylic acids is 1. The molecule has 6 heteroatoms. The Morgan fingerprint density at radius 2 is 1.75 bits per heavy atom. The molecule has 0 aromatic rings. The van der Waals surface area contributed by atoms with Gasteiger partial charge in [0.05, 0.1) is 6.26 Å². The van der Waals surface area contributed by atoms with E-state index in [0.29, 0.717) is 12.7 Å². The summed E-state index contributed by atoms with van der Waals surface area (Å²) in [6.45, 7) is 5.03. The molecule has 0 unspecified atom stereocenters. The maximum atomic E-state index is 9.83. The summed E-state index contributed by atoms with van der Waals surface area (Å²) in [5.41, 5.74) is 0.264. The van der Waals surface area contributed by atoms with Gasteiger partial charge in [-0.1, -0.05) is 13.5 Å². The second kappa shape index (κ2) is 5.73. The molecular weight excluding hydrogens is 184 g/mol. The molecule has 2 N–H and O–H groups in total. The van der Waals surface area contributed by atoms with E-state index in [2.05, 4.69) is 6.58 Å². The lowest BCUT2D eigenvalue weighted by Crippen LogP contribution is -1.95. The molecule has 0 aromatic heterocycles. The van der Waals surface area contributed by atoms with Crippen molar-refractivity contribution in [3.05, 3.63) is 12.2 Å².